The largest absolute Gasteiger partial charge is 0.478 e. The Hall–Kier alpha value is -1.58. The molecule has 0 unspecified atom stereocenters. The highest BCUT2D eigenvalue weighted by atomic mass is 16.4. The number of carbonyl (C=O) groups is 2. The van der Waals surface area contributed by atoms with Crippen molar-refractivity contribution in [2.45, 2.75) is 97.8 Å². The number of aliphatic carboxylic acids is 1. The molecule has 0 bridgehead atoms. The zero-order valence-corrected chi connectivity index (χ0v) is 17.4. The van der Waals surface area contributed by atoms with E-state index in [-0.39, 0.29) is 11.5 Å². The fraction of sp³-hybridized carbons (Fsp3) is 0.727. The molecule has 1 amide bonds. The summed E-state index contributed by atoms with van der Waals surface area (Å²) in [6.07, 6.45) is 16.2. The molecule has 0 aromatic rings. The molecule has 2 N–H and O–H groups in total. The zero-order chi connectivity index (χ0) is 20.2. The van der Waals surface area contributed by atoms with Crippen molar-refractivity contribution in [3.05, 3.63) is 24.3 Å². The minimum Gasteiger partial charge on any atom is -0.478 e. The fourth-order valence-electron chi connectivity index (χ4n) is 2.32. The second-order valence-corrected chi connectivity index (χ2v) is 7.01. The highest BCUT2D eigenvalue weighted by Crippen LogP contribution is 2.11. The van der Waals surface area contributed by atoms with Gasteiger partial charge < -0.3 is 10.4 Å². The third-order valence-corrected chi connectivity index (χ3v) is 4.07. The second-order valence-electron chi connectivity index (χ2n) is 7.01. The van der Waals surface area contributed by atoms with Crippen LogP contribution in [0.1, 0.15) is 97.8 Å². The Morgan fingerprint density at radius 2 is 1.08 bits per heavy atom. The third-order valence-electron chi connectivity index (χ3n) is 4.07. The van der Waals surface area contributed by atoms with E-state index in [1.54, 1.807) is 6.92 Å². The predicted octanol–water partition coefficient (Wildman–Crippen LogP) is 6.03. The van der Waals surface area contributed by atoms with Crippen molar-refractivity contribution >= 4 is 11.9 Å². The van der Waals surface area contributed by atoms with E-state index in [0.717, 1.165) is 13.0 Å². The summed E-state index contributed by atoms with van der Waals surface area (Å²) in [5, 5.41) is 10.8. The van der Waals surface area contributed by atoms with Gasteiger partial charge in [-0.3, -0.25) is 4.79 Å². The van der Waals surface area contributed by atoms with E-state index in [4.69, 9.17) is 5.11 Å². The topological polar surface area (TPSA) is 66.4 Å². The van der Waals surface area contributed by atoms with Crippen LogP contribution in [0.3, 0.4) is 0 Å². The van der Waals surface area contributed by atoms with Crippen molar-refractivity contribution in [2.24, 2.45) is 0 Å². The van der Waals surface area contributed by atoms with E-state index in [1.807, 2.05) is 0 Å². The number of nitrogens with one attached hydrogen (secondary N) is 1. The van der Waals surface area contributed by atoms with Crippen molar-refractivity contribution in [2.75, 3.05) is 6.54 Å². The lowest BCUT2D eigenvalue weighted by atomic mass is 10.1. The maximum atomic E-state index is 11.2. The van der Waals surface area contributed by atoms with Gasteiger partial charge in [-0.1, -0.05) is 90.7 Å². The molecule has 0 atom stereocenters. The Bertz CT molecular complexity index is 390. The molecule has 0 spiro atoms. The summed E-state index contributed by atoms with van der Waals surface area (Å²) in [4.78, 5) is 20.8. The normalized spacial score (nSPS) is 9.81. The van der Waals surface area contributed by atoms with Crippen LogP contribution in [0.5, 0.6) is 0 Å². The lowest BCUT2D eigenvalue weighted by Gasteiger charge is -2.05. The van der Waals surface area contributed by atoms with E-state index in [1.165, 1.54) is 77.6 Å². The molecule has 4 heteroatoms. The lowest BCUT2D eigenvalue weighted by Crippen LogP contribution is -2.24. The average molecular weight is 368 g/mol. The van der Waals surface area contributed by atoms with Crippen LogP contribution in [0.4, 0.5) is 0 Å². The van der Waals surface area contributed by atoms with Gasteiger partial charge in [0.15, 0.2) is 0 Å². The van der Waals surface area contributed by atoms with Crippen LogP contribution in [-0.4, -0.2) is 23.5 Å². The second kappa shape index (κ2) is 19.7. The lowest BCUT2D eigenvalue weighted by molar-refractivity contribution is -0.132. The molecule has 0 rings (SSSR count). The highest BCUT2D eigenvalue weighted by molar-refractivity contribution is 5.92. The molecule has 0 aliphatic heterocycles. The van der Waals surface area contributed by atoms with Crippen molar-refractivity contribution in [1.29, 1.82) is 0 Å². The van der Waals surface area contributed by atoms with Crippen LogP contribution in [-0.2, 0) is 9.59 Å². The number of carbonyl (C=O) groups excluding carboxylic acids is 1. The Morgan fingerprint density at radius 3 is 1.38 bits per heavy atom. The number of carboxylic acid groups (broad SMARTS) is 1. The van der Waals surface area contributed by atoms with E-state index < -0.39 is 5.97 Å². The molecule has 26 heavy (non-hydrogen) atoms. The van der Waals surface area contributed by atoms with Gasteiger partial charge in [0.2, 0.25) is 5.91 Å². The summed E-state index contributed by atoms with van der Waals surface area (Å²) in [7, 11) is 0. The Morgan fingerprint density at radius 1 is 0.731 bits per heavy atom. The standard InChI is InChI=1S/C18H35NO.C4H6O2/c1-4-5-6-7-8-9-10-11-12-13-14-15-16-19-18(20)17(2)3;1-3(2)4(5)6/h2,4-16H2,1,3H3,(H,19,20);1H2,2H3,(H,5,6). The maximum absolute atomic E-state index is 11.2. The van der Waals surface area contributed by atoms with Gasteiger partial charge in [-0.25, -0.2) is 4.79 Å². The highest BCUT2D eigenvalue weighted by Gasteiger charge is 1.99. The van der Waals surface area contributed by atoms with E-state index in [9.17, 15) is 9.59 Å². The van der Waals surface area contributed by atoms with Crippen LogP contribution in [0.15, 0.2) is 24.3 Å². The monoisotopic (exact) mass is 367 g/mol. The zero-order valence-electron chi connectivity index (χ0n) is 17.4. The molecule has 0 aliphatic carbocycles. The van der Waals surface area contributed by atoms with Gasteiger partial charge in [-0.2, -0.15) is 0 Å². The predicted molar refractivity (Wildman–Crippen MR) is 111 cm³/mol. The Labute approximate surface area is 161 Å². The summed E-state index contributed by atoms with van der Waals surface area (Å²) >= 11 is 0. The van der Waals surface area contributed by atoms with Crippen LogP contribution in [0, 0.1) is 0 Å². The van der Waals surface area contributed by atoms with Gasteiger partial charge in [0.1, 0.15) is 0 Å². The first-order valence-electron chi connectivity index (χ1n) is 10.1. The SMILES string of the molecule is C=C(C)C(=O)NCCCCCCCCCCCCCC.C=C(C)C(=O)O. The molecule has 152 valence electrons. The molecule has 0 heterocycles. The summed E-state index contributed by atoms with van der Waals surface area (Å²) in [5.74, 6) is -0.942. The molecular formula is C22H41NO3. The molecule has 4 nitrogen and oxygen atoms in total. The van der Waals surface area contributed by atoms with E-state index in [2.05, 4.69) is 25.4 Å². The van der Waals surface area contributed by atoms with Crippen molar-refractivity contribution in [3.8, 4) is 0 Å². The quantitative estimate of drug-likeness (QED) is 0.274. The maximum Gasteiger partial charge on any atom is 0.330 e. The minimum absolute atomic E-state index is 0.00641. The first kappa shape index (κ1) is 26.6. The number of rotatable bonds is 15. The Kier molecular flexibility index (Phi) is 20.2. The van der Waals surface area contributed by atoms with E-state index in [0.29, 0.717) is 5.57 Å². The smallest absolute Gasteiger partial charge is 0.330 e. The fourth-order valence-corrected chi connectivity index (χ4v) is 2.32. The van der Waals surface area contributed by atoms with Crippen LogP contribution < -0.4 is 5.32 Å². The summed E-state index contributed by atoms with van der Waals surface area (Å²) in [6, 6.07) is 0. The number of hydrogen-bond donors (Lipinski definition) is 2. The number of unbranched alkanes of at least 4 members (excludes halogenated alkanes) is 11. The average Bonchev–Trinajstić information content (AvgIpc) is 2.59. The molecule has 0 radical (unpaired) electrons. The number of amides is 1. The van der Waals surface area contributed by atoms with Gasteiger partial charge in [0.05, 0.1) is 0 Å². The number of hydrogen-bond acceptors (Lipinski definition) is 2. The minimum atomic E-state index is -0.935. The van der Waals surface area contributed by atoms with Crippen molar-refractivity contribution in [1.82, 2.24) is 5.32 Å². The molecule has 0 saturated heterocycles. The van der Waals surface area contributed by atoms with Crippen molar-refractivity contribution < 1.29 is 14.7 Å². The van der Waals surface area contributed by atoms with Gasteiger partial charge in [0, 0.05) is 17.7 Å². The van der Waals surface area contributed by atoms with E-state index >= 15 is 0 Å². The van der Waals surface area contributed by atoms with Gasteiger partial charge in [-0.15, -0.1) is 0 Å². The van der Waals surface area contributed by atoms with Crippen LogP contribution >= 0.6 is 0 Å². The molecule has 0 aliphatic rings. The molecule has 0 aromatic carbocycles. The molecule has 0 fully saturated rings. The molecular weight excluding hydrogens is 326 g/mol. The van der Waals surface area contributed by atoms with Crippen LogP contribution in [0.2, 0.25) is 0 Å². The third kappa shape index (κ3) is 22.4. The summed E-state index contributed by atoms with van der Waals surface area (Å²) in [6.45, 7) is 13.0. The Balaban J connectivity index is 0. The first-order chi connectivity index (χ1) is 12.3. The summed E-state index contributed by atoms with van der Waals surface area (Å²) < 4.78 is 0. The summed E-state index contributed by atoms with van der Waals surface area (Å²) in [5.41, 5.74) is 0.777. The number of carboxylic acids is 1. The van der Waals surface area contributed by atoms with Crippen LogP contribution in [0.25, 0.3) is 0 Å². The van der Waals surface area contributed by atoms with Crippen molar-refractivity contribution in [3.63, 3.8) is 0 Å². The molecule has 0 saturated carbocycles. The first-order valence-corrected chi connectivity index (χ1v) is 10.1. The van der Waals surface area contributed by atoms with Gasteiger partial charge in [-0.05, 0) is 20.3 Å². The van der Waals surface area contributed by atoms with Gasteiger partial charge in [0.25, 0.3) is 0 Å². The van der Waals surface area contributed by atoms with Gasteiger partial charge >= 0.3 is 5.97 Å². The molecule has 0 aromatic heterocycles.